The molecule has 0 atom stereocenters. The van der Waals surface area contributed by atoms with Gasteiger partial charge in [0.15, 0.2) is 0 Å². The van der Waals surface area contributed by atoms with E-state index in [0.29, 0.717) is 11.2 Å². The Morgan fingerprint density at radius 2 is 1.74 bits per heavy atom. The van der Waals surface area contributed by atoms with Crippen LogP contribution in [0.5, 0.6) is 0 Å². The Morgan fingerprint density at radius 3 is 2.58 bits per heavy atom. The number of anilines is 1. The van der Waals surface area contributed by atoms with E-state index in [4.69, 9.17) is 9.72 Å². The van der Waals surface area contributed by atoms with Crippen molar-refractivity contribution in [1.29, 1.82) is 0 Å². The van der Waals surface area contributed by atoms with E-state index in [9.17, 15) is 4.79 Å². The van der Waals surface area contributed by atoms with Crippen molar-refractivity contribution in [2.45, 2.75) is 45.1 Å². The van der Waals surface area contributed by atoms with Gasteiger partial charge in [-0.1, -0.05) is 11.6 Å². The van der Waals surface area contributed by atoms with Gasteiger partial charge in [0.2, 0.25) is 0 Å². The largest absolute Gasteiger partial charge is 0.378 e. The monoisotopic (exact) mass is 440 g/mol. The molecule has 6 rings (SSSR count). The second-order valence-electron chi connectivity index (χ2n) is 8.83. The van der Waals surface area contributed by atoms with Crippen LogP contribution < -0.4 is 10.5 Å². The van der Waals surface area contributed by atoms with Crippen LogP contribution in [-0.4, -0.2) is 70.8 Å². The first kappa shape index (κ1) is 19.6. The molecular formula is C22H28N6O2S. The molecule has 0 spiro atoms. The highest BCUT2D eigenvalue weighted by Crippen LogP contribution is 2.40. The predicted molar refractivity (Wildman–Crippen MR) is 122 cm³/mol. The average Bonchev–Trinajstić information content (AvgIpc) is 3.44. The van der Waals surface area contributed by atoms with E-state index in [0.717, 1.165) is 86.8 Å². The van der Waals surface area contributed by atoms with Gasteiger partial charge in [0.05, 0.1) is 19.8 Å². The molecular weight excluding hydrogens is 412 g/mol. The number of aromatic nitrogens is 4. The summed E-state index contributed by atoms with van der Waals surface area (Å²) >= 11 is 1.49. The summed E-state index contributed by atoms with van der Waals surface area (Å²) in [4.78, 5) is 24.0. The molecule has 0 saturated carbocycles. The molecule has 5 heterocycles. The maximum Gasteiger partial charge on any atom is 0.287 e. The quantitative estimate of drug-likeness (QED) is 0.616. The summed E-state index contributed by atoms with van der Waals surface area (Å²) in [7, 11) is 0. The van der Waals surface area contributed by atoms with Crippen molar-refractivity contribution in [3.05, 3.63) is 21.5 Å². The fraction of sp³-hybridized carbons (Fsp3) is 0.636. The van der Waals surface area contributed by atoms with Gasteiger partial charge in [-0.2, -0.15) is 0 Å². The highest BCUT2D eigenvalue weighted by atomic mass is 32.1. The maximum atomic E-state index is 13.3. The van der Waals surface area contributed by atoms with Crippen LogP contribution in [0.25, 0.3) is 20.4 Å². The minimum Gasteiger partial charge on any atom is -0.378 e. The van der Waals surface area contributed by atoms with Crippen LogP contribution in [0.4, 0.5) is 5.82 Å². The lowest BCUT2D eigenvalue weighted by Gasteiger charge is -2.29. The molecule has 2 aliphatic heterocycles. The number of aryl methyl sites for hydroxylation is 1. The number of hydrogen-bond donors (Lipinski definition) is 0. The third kappa shape index (κ3) is 3.43. The van der Waals surface area contributed by atoms with E-state index in [1.54, 1.807) is 4.68 Å². The van der Waals surface area contributed by atoms with Crippen molar-refractivity contribution < 1.29 is 4.74 Å². The zero-order valence-electron chi connectivity index (χ0n) is 17.8. The Hall–Kier alpha value is -2.10. The lowest BCUT2D eigenvalue weighted by molar-refractivity contribution is 0.122. The maximum absolute atomic E-state index is 13.3. The number of thiophene rings is 1. The number of pyridine rings is 1. The molecule has 0 amide bonds. The van der Waals surface area contributed by atoms with Gasteiger partial charge in [-0.05, 0) is 56.3 Å². The van der Waals surface area contributed by atoms with E-state index in [1.807, 2.05) is 0 Å². The van der Waals surface area contributed by atoms with Gasteiger partial charge in [0, 0.05) is 25.0 Å². The van der Waals surface area contributed by atoms with Crippen LogP contribution in [0.2, 0.25) is 0 Å². The van der Waals surface area contributed by atoms with E-state index in [-0.39, 0.29) is 5.56 Å². The second kappa shape index (κ2) is 8.11. The minimum atomic E-state index is -0.0234. The first-order valence-electron chi connectivity index (χ1n) is 11.6. The number of nitrogens with zero attached hydrogens (tertiary/aromatic N) is 6. The number of fused-ring (bicyclic) bond motifs is 5. The number of morpholine rings is 1. The van der Waals surface area contributed by atoms with Gasteiger partial charge in [0.25, 0.3) is 5.56 Å². The fourth-order valence-corrected chi connectivity index (χ4v) is 6.37. The van der Waals surface area contributed by atoms with E-state index < -0.39 is 0 Å². The van der Waals surface area contributed by atoms with Gasteiger partial charge < -0.3 is 14.5 Å². The molecule has 31 heavy (non-hydrogen) atoms. The lowest BCUT2D eigenvalue weighted by Crippen LogP contribution is -2.37. The number of hydrogen-bond acceptors (Lipinski definition) is 8. The summed E-state index contributed by atoms with van der Waals surface area (Å²) in [6.07, 6.45) is 7.01. The fourth-order valence-electron chi connectivity index (χ4n) is 5.29. The van der Waals surface area contributed by atoms with Gasteiger partial charge in [-0.3, -0.25) is 4.79 Å². The van der Waals surface area contributed by atoms with Crippen molar-refractivity contribution in [1.82, 2.24) is 24.9 Å². The first-order chi connectivity index (χ1) is 15.3. The second-order valence-corrected chi connectivity index (χ2v) is 9.82. The molecule has 0 N–H and O–H groups in total. The van der Waals surface area contributed by atoms with Crippen LogP contribution in [0, 0.1) is 0 Å². The minimum absolute atomic E-state index is 0.0234. The molecule has 3 aromatic heterocycles. The topological polar surface area (TPSA) is 76.4 Å². The van der Waals surface area contributed by atoms with Gasteiger partial charge in [-0.25, -0.2) is 9.67 Å². The Kier molecular flexibility index (Phi) is 5.12. The molecule has 1 aliphatic carbocycles. The van der Waals surface area contributed by atoms with Crippen molar-refractivity contribution in [3.63, 3.8) is 0 Å². The molecule has 9 heteroatoms. The molecule has 0 aromatic carbocycles. The lowest BCUT2D eigenvalue weighted by atomic mass is 10.1. The van der Waals surface area contributed by atoms with Gasteiger partial charge >= 0.3 is 0 Å². The zero-order valence-corrected chi connectivity index (χ0v) is 18.6. The third-order valence-electron chi connectivity index (χ3n) is 6.93. The Labute approximate surface area is 184 Å². The summed E-state index contributed by atoms with van der Waals surface area (Å²) in [6.45, 7) is 6.93. The molecule has 0 radical (unpaired) electrons. The van der Waals surface area contributed by atoms with Crippen LogP contribution in [-0.2, 0) is 24.1 Å². The molecule has 0 unspecified atom stereocenters. The SMILES string of the molecule is O=c1c2sc3nc(N4CCOCC4)c4c(c3c2nnn1CCN1CCCCC1)CCC4. The summed E-state index contributed by atoms with van der Waals surface area (Å²) in [5.74, 6) is 1.09. The standard InChI is InChI=1S/C22H28N6O2S/c29-22-19-18(24-25-28(22)10-9-26-7-2-1-3-8-26)17-15-5-4-6-16(15)20(23-21(17)31-19)27-11-13-30-14-12-27/h1-14H2. The molecule has 3 aliphatic rings. The Balaban J connectivity index is 1.40. The van der Waals surface area contributed by atoms with E-state index >= 15 is 0 Å². The van der Waals surface area contributed by atoms with E-state index in [2.05, 4.69) is 20.1 Å². The van der Waals surface area contributed by atoms with Crippen LogP contribution in [0.15, 0.2) is 4.79 Å². The van der Waals surface area contributed by atoms with Crippen molar-refractivity contribution in [2.75, 3.05) is 50.8 Å². The summed E-state index contributed by atoms with van der Waals surface area (Å²) in [5.41, 5.74) is 3.39. The van der Waals surface area contributed by atoms with E-state index in [1.165, 1.54) is 41.7 Å². The van der Waals surface area contributed by atoms with Gasteiger partial charge in [-0.15, -0.1) is 16.4 Å². The molecule has 164 valence electrons. The summed E-state index contributed by atoms with van der Waals surface area (Å²) in [6, 6.07) is 0. The molecule has 2 fully saturated rings. The molecule has 0 bridgehead atoms. The van der Waals surface area contributed by atoms with Crippen LogP contribution in [0.3, 0.4) is 0 Å². The highest BCUT2D eigenvalue weighted by molar-refractivity contribution is 7.25. The number of ether oxygens (including phenoxy) is 1. The molecule has 2 saturated heterocycles. The number of piperidine rings is 1. The van der Waals surface area contributed by atoms with Crippen molar-refractivity contribution in [3.8, 4) is 0 Å². The van der Waals surface area contributed by atoms with Crippen LogP contribution >= 0.6 is 11.3 Å². The highest BCUT2D eigenvalue weighted by Gasteiger charge is 2.27. The smallest absolute Gasteiger partial charge is 0.287 e. The predicted octanol–water partition coefficient (Wildman–Crippen LogP) is 2.21. The number of rotatable bonds is 4. The molecule has 8 nitrogen and oxygen atoms in total. The van der Waals surface area contributed by atoms with Crippen LogP contribution in [0.1, 0.15) is 36.8 Å². The first-order valence-corrected chi connectivity index (χ1v) is 12.4. The Bertz CT molecular complexity index is 1180. The summed E-state index contributed by atoms with van der Waals surface area (Å²) < 4.78 is 7.79. The van der Waals surface area contributed by atoms with Crippen molar-refractivity contribution >= 4 is 37.6 Å². The normalized spacial score (nSPS) is 20.1. The third-order valence-corrected chi connectivity index (χ3v) is 7.99. The van der Waals surface area contributed by atoms with Crippen molar-refractivity contribution in [2.24, 2.45) is 0 Å². The number of likely N-dealkylation sites (tertiary alicyclic amines) is 1. The Morgan fingerprint density at radius 1 is 0.935 bits per heavy atom. The zero-order chi connectivity index (χ0) is 20.8. The summed E-state index contributed by atoms with van der Waals surface area (Å²) in [5, 5.41) is 9.94. The average molecular weight is 441 g/mol. The molecule has 3 aromatic rings. The van der Waals surface area contributed by atoms with Gasteiger partial charge in [0.1, 0.15) is 20.9 Å².